The smallest absolute Gasteiger partial charge is 0.276 e. The minimum atomic E-state index is -0.322. The SMILES string of the molecule is COc1cc(NC(=O)c2cc(-c3cccs3)n(C)n2)cc(OC)c1OC. The molecule has 7 nitrogen and oxygen atoms in total. The molecule has 2 aromatic heterocycles. The van der Waals surface area contributed by atoms with Crippen molar-refractivity contribution >= 4 is 22.9 Å². The normalized spacial score (nSPS) is 10.5. The van der Waals surface area contributed by atoms with Crippen LogP contribution in [0.5, 0.6) is 17.2 Å². The van der Waals surface area contributed by atoms with Gasteiger partial charge in [0, 0.05) is 24.9 Å². The molecule has 0 unspecified atom stereocenters. The Morgan fingerprint density at radius 1 is 1.12 bits per heavy atom. The quantitative estimate of drug-likeness (QED) is 0.717. The van der Waals surface area contributed by atoms with Crippen molar-refractivity contribution in [3.63, 3.8) is 0 Å². The first-order valence-corrected chi connectivity index (χ1v) is 8.64. The van der Waals surface area contributed by atoms with E-state index in [1.807, 2.05) is 24.6 Å². The minimum absolute atomic E-state index is 0.322. The molecule has 0 aliphatic heterocycles. The molecule has 0 bridgehead atoms. The number of carbonyl (C=O) groups is 1. The van der Waals surface area contributed by atoms with Gasteiger partial charge >= 0.3 is 0 Å². The number of benzene rings is 1. The number of carbonyl (C=O) groups excluding carboxylic acids is 1. The summed E-state index contributed by atoms with van der Waals surface area (Å²) in [4.78, 5) is 13.7. The molecule has 0 saturated heterocycles. The van der Waals surface area contributed by atoms with Gasteiger partial charge in [-0.05, 0) is 17.5 Å². The second-order valence-corrected chi connectivity index (χ2v) is 6.33. The van der Waals surface area contributed by atoms with Crippen LogP contribution in [0.3, 0.4) is 0 Å². The van der Waals surface area contributed by atoms with Crippen molar-refractivity contribution in [3.8, 4) is 27.8 Å². The van der Waals surface area contributed by atoms with Gasteiger partial charge in [0.15, 0.2) is 17.2 Å². The van der Waals surface area contributed by atoms with Crippen molar-refractivity contribution in [2.45, 2.75) is 0 Å². The number of aromatic nitrogens is 2. The van der Waals surface area contributed by atoms with E-state index >= 15 is 0 Å². The van der Waals surface area contributed by atoms with E-state index < -0.39 is 0 Å². The molecule has 0 spiro atoms. The zero-order valence-electron chi connectivity index (χ0n) is 14.9. The topological polar surface area (TPSA) is 74.6 Å². The molecule has 0 radical (unpaired) electrons. The second kappa shape index (κ2) is 7.49. The Kier molecular flexibility index (Phi) is 5.13. The predicted octanol–water partition coefficient (Wildman–Crippen LogP) is 3.43. The van der Waals surface area contributed by atoms with Crippen LogP contribution in [-0.4, -0.2) is 37.0 Å². The van der Waals surface area contributed by atoms with Gasteiger partial charge in [-0.1, -0.05) is 6.07 Å². The number of thiophene rings is 1. The summed E-state index contributed by atoms with van der Waals surface area (Å²) in [5, 5.41) is 9.11. The average Bonchev–Trinajstić information content (AvgIpc) is 3.30. The van der Waals surface area contributed by atoms with Gasteiger partial charge in [-0.25, -0.2) is 0 Å². The largest absolute Gasteiger partial charge is 0.493 e. The van der Waals surface area contributed by atoms with E-state index in [0.717, 1.165) is 10.6 Å². The molecule has 1 N–H and O–H groups in total. The highest BCUT2D eigenvalue weighted by Gasteiger charge is 2.18. The fourth-order valence-corrected chi connectivity index (χ4v) is 3.35. The van der Waals surface area contributed by atoms with Gasteiger partial charge in [-0.2, -0.15) is 5.10 Å². The summed E-state index contributed by atoms with van der Waals surface area (Å²) in [5.41, 5.74) is 1.73. The number of ether oxygens (including phenoxy) is 3. The maximum atomic E-state index is 12.6. The van der Waals surface area contributed by atoms with E-state index in [2.05, 4.69) is 10.4 Å². The van der Waals surface area contributed by atoms with Crippen LogP contribution in [0.1, 0.15) is 10.5 Å². The Balaban J connectivity index is 1.88. The first-order valence-electron chi connectivity index (χ1n) is 7.76. The Bertz CT molecular complexity index is 894. The number of methoxy groups -OCH3 is 3. The van der Waals surface area contributed by atoms with Gasteiger partial charge in [0.1, 0.15) is 0 Å². The van der Waals surface area contributed by atoms with Crippen molar-refractivity contribution < 1.29 is 19.0 Å². The van der Waals surface area contributed by atoms with Crippen LogP contribution in [0, 0.1) is 0 Å². The van der Waals surface area contributed by atoms with Crippen molar-refractivity contribution in [3.05, 3.63) is 41.4 Å². The Morgan fingerprint density at radius 3 is 2.35 bits per heavy atom. The highest BCUT2D eigenvalue weighted by Crippen LogP contribution is 2.40. The van der Waals surface area contributed by atoms with Gasteiger partial charge in [-0.3, -0.25) is 9.48 Å². The Morgan fingerprint density at radius 2 is 1.81 bits per heavy atom. The number of anilines is 1. The maximum Gasteiger partial charge on any atom is 0.276 e. The van der Waals surface area contributed by atoms with Crippen LogP contribution >= 0.6 is 11.3 Å². The fourth-order valence-electron chi connectivity index (χ4n) is 2.58. The first kappa shape index (κ1) is 17.8. The Labute approximate surface area is 155 Å². The Hall–Kier alpha value is -3.00. The number of nitrogens with zero attached hydrogens (tertiary/aromatic N) is 2. The number of amides is 1. The van der Waals surface area contributed by atoms with Gasteiger partial charge in [0.2, 0.25) is 5.75 Å². The van der Waals surface area contributed by atoms with Crippen LogP contribution in [0.15, 0.2) is 35.7 Å². The monoisotopic (exact) mass is 373 g/mol. The fraction of sp³-hybridized carbons (Fsp3) is 0.222. The molecule has 26 heavy (non-hydrogen) atoms. The van der Waals surface area contributed by atoms with E-state index in [0.29, 0.717) is 28.6 Å². The lowest BCUT2D eigenvalue weighted by molar-refractivity contribution is 0.102. The van der Waals surface area contributed by atoms with E-state index in [-0.39, 0.29) is 5.91 Å². The predicted molar refractivity (Wildman–Crippen MR) is 101 cm³/mol. The van der Waals surface area contributed by atoms with Gasteiger partial charge < -0.3 is 19.5 Å². The highest BCUT2D eigenvalue weighted by molar-refractivity contribution is 7.13. The molecule has 8 heteroatoms. The zero-order chi connectivity index (χ0) is 18.7. The molecule has 0 atom stereocenters. The number of aryl methyl sites for hydroxylation is 1. The minimum Gasteiger partial charge on any atom is -0.493 e. The molecule has 0 saturated carbocycles. The van der Waals surface area contributed by atoms with Crippen molar-refractivity contribution in [2.24, 2.45) is 7.05 Å². The second-order valence-electron chi connectivity index (χ2n) is 5.38. The lowest BCUT2D eigenvalue weighted by Crippen LogP contribution is -2.13. The van der Waals surface area contributed by atoms with Crippen LogP contribution in [0.4, 0.5) is 5.69 Å². The molecular formula is C18H19N3O4S. The molecule has 0 fully saturated rings. The molecule has 136 valence electrons. The van der Waals surface area contributed by atoms with Gasteiger partial charge in [-0.15, -0.1) is 11.3 Å². The molecule has 0 aliphatic carbocycles. The summed E-state index contributed by atoms with van der Waals surface area (Å²) in [6, 6.07) is 9.05. The van der Waals surface area contributed by atoms with E-state index in [1.54, 1.807) is 34.2 Å². The molecule has 2 heterocycles. The number of hydrogen-bond acceptors (Lipinski definition) is 6. The van der Waals surface area contributed by atoms with Crippen molar-refractivity contribution in [1.82, 2.24) is 9.78 Å². The zero-order valence-corrected chi connectivity index (χ0v) is 15.7. The molecule has 1 amide bonds. The van der Waals surface area contributed by atoms with Crippen molar-refractivity contribution in [1.29, 1.82) is 0 Å². The molecule has 3 rings (SSSR count). The van der Waals surface area contributed by atoms with E-state index in [1.165, 1.54) is 21.3 Å². The maximum absolute atomic E-state index is 12.6. The van der Waals surface area contributed by atoms with Crippen LogP contribution in [-0.2, 0) is 7.05 Å². The lowest BCUT2D eigenvalue weighted by Gasteiger charge is -2.14. The summed E-state index contributed by atoms with van der Waals surface area (Å²) < 4.78 is 17.6. The summed E-state index contributed by atoms with van der Waals surface area (Å²) in [6.45, 7) is 0. The average molecular weight is 373 g/mol. The first-order chi connectivity index (χ1) is 12.6. The standard InChI is InChI=1S/C18H19N3O4S/c1-21-13(16-6-5-7-26-16)10-12(20-21)18(22)19-11-8-14(23-2)17(25-4)15(9-11)24-3/h5-10H,1-4H3,(H,19,22). The molecule has 3 aromatic rings. The third-order valence-electron chi connectivity index (χ3n) is 3.81. The molecule has 1 aromatic carbocycles. The number of rotatable bonds is 6. The van der Waals surface area contributed by atoms with Crippen molar-refractivity contribution in [2.75, 3.05) is 26.6 Å². The third-order valence-corrected chi connectivity index (χ3v) is 4.70. The summed E-state index contributed by atoms with van der Waals surface area (Å²) >= 11 is 1.59. The van der Waals surface area contributed by atoms with Crippen LogP contribution in [0.2, 0.25) is 0 Å². The highest BCUT2D eigenvalue weighted by atomic mass is 32.1. The molecular weight excluding hydrogens is 354 g/mol. The van der Waals surface area contributed by atoms with Gasteiger partial charge in [0.05, 0.1) is 31.9 Å². The summed E-state index contributed by atoms with van der Waals surface area (Å²) in [5.74, 6) is 1.06. The van der Waals surface area contributed by atoms with Crippen LogP contribution in [0.25, 0.3) is 10.6 Å². The third kappa shape index (κ3) is 3.36. The number of nitrogens with one attached hydrogen (secondary N) is 1. The van der Waals surface area contributed by atoms with Crippen LogP contribution < -0.4 is 19.5 Å². The summed E-state index contributed by atoms with van der Waals surface area (Å²) in [6.07, 6.45) is 0. The molecule has 0 aliphatic rings. The van der Waals surface area contributed by atoms with E-state index in [4.69, 9.17) is 14.2 Å². The summed E-state index contributed by atoms with van der Waals surface area (Å²) in [7, 11) is 6.38. The van der Waals surface area contributed by atoms with E-state index in [9.17, 15) is 4.79 Å². The number of hydrogen-bond donors (Lipinski definition) is 1. The van der Waals surface area contributed by atoms with Gasteiger partial charge in [0.25, 0.3) is 5.91 Å². The lowest BCUT2D eigenvalue weighted by atomic mass is 10.2.